The van der Waals surface area contributed by atoms with E-state index in [0.29, 0.717) is 24.3 Å². The zero-order valence-electron chi connectivity index (χ0n) is 17.3. The summed E-state index contributed by atoms with van der Waals surface area (Å²) >= 11 is 0. The molecule has 1 spiro atoms. The van der Waals surface area contributed by atoms with Crippen LogP contribution in [0.15, 0.2) is 42.5 Å². The molecule has 2 aromatic rings. The molecule has 4 N–H and O–H groups in total. The van der Waals surface area contributed by atoms with E-state index in [1.54, 1.807) is 31.2 Å². The van der Waals surface area contributed by atoms with E-state index in [-0.39, 0.29) is 17.9 Å². The summed E-state index contributed by atoms with van der Waals surface area (Å²) in [5.74, 6) is -1.26. The van der Waals surface area contributed by atoms with E-state index in [2.05, 4.69) is 10.6 Å². The van der Waals surface area contributed by atoms with Gasteiger partial charge in [0.1, 0.15) is 5.92 Å². The highest BCUT2D eigenvalue weighted by Gasteiger charge is 2.63. The van der Waals surface area contributed by atoms with E-state index in [1.165, 1.54) is 0 Å². The fraction of sp³-hybridized carbons (Fsp3) is 0.348. The Morgan fingerprint density at radius 3 is 2.67 bits per heavy atom. The molecule has 0 radical (unpaired) electrons. The standard InChI is InChI=1S/C23H25N3O4/c1-4-30-21(28)15-8-10-16(11-9-15)24-20(27)18-12-14(3)26-23(18)17-7-5-6-13(2)19(17)25-22(23)29/h5-11,14,18,26H,4,12H2,1-3H3,(H,24,27)(H,25,29)/p+1/t14-,18+,23-/m0/s1. The van der Waals surface area contributed by atoms with Gasteiger partial charge in [-0.3, -0.25) is 9.59 Å². The summed E-state index contributed by atoms with van der Waals surface area (Å²) in [4.78, 5) is 38.2. The number of para-hydroxylation sites is 1. The number of ether oxygens (including phenoxy) is 1. The maximum absolute atomic E-state index is 13.3. The molecule has 2 amide bonds. The summed E-state index contributed by atoms with van der Waals surface area (Å²) in [6.45, 7) is 6.04. The number of aryl methyl sites for hydroxylation is 1. The SMILES string of the molecule is CCOC(=O)c1ccc(NC(=O)[C@H]2C[C@H](C)[NH2+][C@]23C(=O)Nc2c(C)cccc23)cc1. The van der Waals surface area contributed by atoms with Crippen LogP contribution in [0.4, 0.5) is 11.4 Å². The van der Waals surface area contributed by atoms with Crippen molar-refractivity contribution in [1.82, 2.24) is 0 Å². The quantitative estimate of drug-likeness (QED) is 0.673. The summed E-state index contributed by atoms with van der Waals surface area (Å²) in [6, 6.07) is 12.5. The Morgan fingerprint density at radius 1 is 1.23 bits per heavy atom. The lowest BCUT2D eigenvalue weighted by atomic mass is 9.79. The largest absolute Gasteiger partial charge is 0.462 e. The van der Waals surface area contributed by atoms with Crippen LogP contribution >= 0.6 is 0 Å². The van der Waals surface area contributed by atoms with E-state index in [4.69, 9.17) is 4.74 Å². The number of amides is 2. The lowest BCUT2D eigenvalue weighted by molar-refractivity contribution is -0.729. The third kappa shape index (κ3) is 3.15. The monoisotopic (exact) mass is 408 g/mol. The lowest BCUT2D eigenvalue weighted by Crippen LogP contribution is -2.97. The van der Waals surface area contributed by atoms with Crippen LogP contribution in [-0.4, -0.2) is 30.4 Å². The van der Waals surface area contributed by atoms with Gasteiger partial charge in [-0.1, -0.05) is 18.2 Å². The topological polar surface area (TPSA) is 101 Å². The molecule has 7 nitrogen and oxygen atoms in total. The molecule has 0 aromatic heterocycles. The number of quaternary nitrogens is 1. The number of rotatable bonds is 4. The average molecular weight is 408 g/mol. The minimum atomic E-state index is -0.963. The van der Waals surface area contributed by atoms with Crippen molar-refractivity contribution in [3.63, 3.8) is 0 Å². The van der Waals surface area contributed by atoms with Crippen LogP contribution in [0.3, 0.4) is 0 Å². The van der Waals surface area contributed by atoms with Crippen molar-refractivity contribution < 1.29 is 24.4 Å². The molecular formula is C23H26N3O4+. The van der Waals surface area contributed by atoms with Gasteiger partial charge in [0, 0.05) is 17.7 Å². The van der Waals surface area contributed by atoms with Crippen molar-refractivity contribution in [3.8, 4) is 0 Å². The molecule has 0 unspecified atom stereocenters. The van der Waals surface area contributed by atoms with Crippen molar-refractivity contribution >= 4 is 29.2 Å². The number of hydrogen-bond acceptors (Lipinski definition) is 4. The van der Waals surface area contributed by atoms with Crippen molar-refractivity contribution in [3.05, 3.63) is 59.2 Å². The number of carbonyl (C=O) groups is 3. The zero-order chi connectivity index (χ0) is 21.5. The number of nitrogens with two attached hydrogens (primary N) is 1. The smallest absolute Gasteiger partial charge is 0.338 e. The van der Waals surface area contributed by atoms with Gasteiger partial charge in [0.15, 0.2) is 0 Å². The Morgan fingerprint density at radius 2 is 1.97 bits per heavy atom. The van der Waals surface area contributed by atoms with E-state index < -0.39 is 17.4 Å². The van der Waals surface area contributed by atoms with Crippen molar-refractivity contribution in [2.75, 3.05) is 17.2 Å². The zero-order valence-corrected chi connectivity index (χ0v) is 17.3. The molecule has 30 heavy (non-hydrogen) atoms. The molecule has 4 rings (SSSR count). The van der Waals surface area contributed by atoms with Gasteiger partial charge in [-0.2, -0.15) is 0 Å². The minimum Gasteiger partial charge on any atom is -0.462 e. The summed E-state index contributed by atoms with van der Waals surface area (Å²) in [6.07, 6.45) is 0.591. The van der Waals surface area contributed by atoms with Gasteiger partial charge in [-0.05, 0) is 50.6 Å². The summed E-state index contributed by atoms with van der Waals surface area (Å²) in [7, 11) is 0. The molecule has 2 aromatic carbocycles. The van der Waals surface area contributed by atoms with E-state index in [1.807, 2.05) is 37.4 Å². The van der Waals surface area contributed by atoms with Gasteiger partial charge >= 0.3 is 5.97 Å². The molecule has 2 heterocycles. The second kappa shape index (κ2) is 7.57. The summed E-state index contributed by atoms with van der Waals surface area (Å²) in [5.41, 5.74) is 2.70. The number of esters is 1. The lowest BCUT2D eigenvalue weighted by Gasteiger charge is -2.25. The van der Waals surface area contributed by atoms with Crippen LogP contribution in [0.1, 0.15) is 41.8 Å². The highest BCUT2D eigenvalue weighted by atomic mass is 16.5. The first-order valence-corrected chi connectivity index (χ1v) is 10.2. The Hall–Kier alpha value is -3.19. The molecule has 0 saturated carbocycles. The molecule has 2 aliphatic rings. The second-order valence-electron chi connectivity index (χ2n) is 8.04. The predicted molar refractivity (Wildman–Crippen MR) is 112 cm³/mol. The fourth-order valence-electron chi connectivity index (χ4n) is 4.67. The van der Waals surface area contributed by atoms with Crippen LogP contribution in [0.25, 0.3) is 0 Å². The van der Waals surface area contributed by atoms with Gasteiger partial charge in [0.25, 0.3) is 5.91 Å². The van der Waals surface area contributed by atoms with Crippen LogP contribution < -0.4 is 16.0 Å². The van der Waals surface area contributed by atoms with E-state index in [9.17, 15) is 14.4 Å². The maximum atomic E-state index is 13.3. The molecule has 7 heteroatoms. The molecule has 3 atom stereocenters. The minimum absolute atomic E-state index is 0.129. The number of fused-ring (bicyclic) bond motifs is 2. The molecule has 1 saturated heterocycles. The molecule has 1 fully saturated rings. The predicted octanol–water partition coefficient (Wildman–Crippen LogP) is 1.93. The first kappa shape index (κ1) is 20.1. The average Bonchev–Trinajstić information content (AvgIpc) is 3.22. The first-order chi connectivity index (χ1) is 14.4. The van der Waals surface area contributed by atoms with Crippen LogP contribution in [0.2, 0.25) is 0 Å². The van der Waals surface area contributed by atoms with Crippen LogP contribution in [0, 0.1) is 12.8 Å². The number of anilines is 2. The molecular weight excluding hydrogens is 382 g/mol. The third-order valence-electron chi connectivity index (χ3n) is 6.02. The number of carbonyl (C=O) groups excluding carboxylic acids is 3. The molecule has 2 aliphatic heterocycles. The summed E-state index contributed by atoms with van der Waals surface area (Å²) < 4.78 is 4.99. The van der Waals surface area contributed by atoms with Crippen molar-refractivity contribution in [2.24, 2.45) is 5.92 Å². The van der Waals surface area contributed by atoms with E-state index >= 15 is 0 Å². The van der Waals surface area contributed by atoms with Crippen LogP contribution in [0.5, 0.6) is 0 Å². The third-order valence-corrected chi connectivity index (χ3v) is 6.02. The van der Waals surface area contributed by atoms with Gasteiger partial charge in [-0.15, -0.1) is 0 Å². The Labute approximate surface area is 175 Å². The Bertz CT molecular complexity index is 1020. The first-order valence-electron chi connectivity index (χ1n) is 10.2. The van der Waals surface area contributed by atoms with Gasteiger partial charge in [0.2, 0.25) is 11.4 Å². The number of benzene rings is 2. The second-order valence-corrected chi connectivity index (χ2v) is 8.04. The Kier molecular flexibility index (Phi) is 5.07. The van der Waals surface area contributed by atoms with Gasteiger partial charge in [-0.25, -0.2) is 4.79 Å². The van der Waals surface area contributed by atoms with Crippen molar-refractivity contribution in [1.29, 1.82) is 0 Å². The van der Waals surface area contributed by atoms with Gasteiger partial charge < -0.3 is 20.7 Å². The highest BCUT2D eigenvalue weighted by molar-refractivity contribution is 6.09. The fourth-order valence-corrected chi connectivity index (χ4v) is 4.67. The molecule has 0 bridgehead atoms. The normalized spacial score (nSPS) is 24.4. The Balaban J connectivity index is 1.61. The van der Waals surface area contributed by atoms with E-state index in [0.717, 1.165) is 16.8 Å². The molecule has 0 aliphatic carbocycles. The van der Waals surface area contributed by atoms with Crippen molar-refractivity contribution in [2.45, 2.75) is 38.8 Å². The van der Waals surface area contributed by atoms with Crippen LogP contribution in [-0.2, 0) is 19.9 Å². The number of nitrogens with one attached hydrogen (secondary N) is 2. The summed E-state index contributed by atoms with van der Waals surface area (Å²) in [5, 5.41) is 7.94. The van der Waals surface area contributed by atoms with Gasteiger partial charge in [0.05, 0.1) is 23.9 Å². The maximum Gasteiger partial charge on any atom is 0.338 e. The molecule has 156 valence electrons. The highest BCUT2D eigenvalue weighted by Crippen LogP contribution is 2.44. The number of hydrogen-bond donors (Lipinski definition) is 3.